The average Bonchev–Trinajstić information content (AvgIpc) is 3.32. The zero-order valence-electron chi connectivity index (χ0n) is 12.0. The second-order valence-electron chi connectivity index (χ2n) is 5.24. The van der Waals surface area contributed by atoms with Gasteiger partial charge in [-0.05, 0) is 25.8 Å². The molecule has 0 radical (unpaired) electrons. The van der Waals surface area contributed by atoms with Gasteiger partial charge >= 0.3 is 13.1 Å². The summed E-state index contributed by atoms with van der Waals surface area (Å²) < 4.78 is 6.71. The Morgan fingerprint density at radius 2 is 2.23 bits per heavy atom. The number of ether oxygens (including phenoxy) is 1. The molecule has 0 aliphatic heterocycles. The lowest BCUT2D eigenvalue weighted by Crippen LogP contribution is -2.31. The van der Waals surface area contributed by atoms with E-state index in [-0.39, 0.29) is 29.1 Å². The van der Waals surface area contributed by atoms with Gasteiger partial charge in [-0.25, -0.2) is 9.78 Å². The fraction of sp³-hybridized carbons (Fsp3) is 0.357. The van der Waals surface area contributed by atoms with E-state index in [1.165, 1.54) is 18.5 Å². The van der Waals surface area contributed by atoms with Crippen LogP contribution in [-0.2, 0) is 4.74 Å². The van der Waals surface area contributed by atoms with Crippen LogP contribution in [0.4, 0.5) is 0 Å². The van der Waals surface area contributed by atoms with Crippen LogP contribution < -0.4 is 10.9 Å². The van der Waals surface area contributed by atoms with E-state index in [9.17, 15) is 19.6 Å². The monoisotopic (exact) mass is 302 g/mol. The van der Waals surface area contributed by atoms with Crippen molar-refractivity contribution < 1.29 is 19.6 Å². The van der Waals surface area contributed by atoms with Crippen molar-refractivity contribution in [3.8, 4) is 0 Å². The van der Waals surface area contributed by atoms with Crippen LogP contribution in [0, 0.1) is 0 Å². The molecule has 0 bridgehead atoms. The van der Waals surface area contributed by atoms with Crippen molar-refractivity contribution in [3.05, 3.63) is 34.2 Å². The normalized spacial score (nSPS) is 14.1. The van der Waals surface area contributed by atoms with Gasteiger partial charge in [-0.15, -0.1) is 0 Å². The van der Waals surface area contributed by atoms with Gasteiger partial charge < -0.3 is 19.4 Å². The number of pyridine rings is 2. The van der Waals surface area contributed by atoms with Gasteiger partial charge in [0.1, 0.15) is 11.2 Å². The molecule has 2 aromatic heterocycles. The second-order valence-corrected chi connectivity index (χ2v) is 5.24. The van der Waals surface area contributed by atoms with Gasteiger partial charge in [0.2, 0.25) is 5.43 Å². The molecule has 0 spiro atoms. The first kappa shape index (κ1) is 14.7. The molecule has 1 saturated carbocycles. The van der Waals surface area contributed by atoms with Crippen molar-refractivity contribution in [2.75, 3.05) is 6.61 Å². The molecule has 22 heavy (non-hydrogen) atoms. The lowest BCUT2D eigenvalue weighted by molar-refractivity contribution is 0.0524. The number of carbonyl (C=O) groups excluding carboxylic acids is 1. The molecular formula is C14H15BN2O5. The van der Waals surface area contributed by atoms with E-state index < -0.39 is 18.5 Å². The number of aromatic nitrogens is 2. The van der Waals surface area contributed by atoms with Gasteiger partial charge in [-0.1, -0.05) is 0 Å². The fourth-order valence-corrected chi connectivity index (χ4v) is 2.38. The molecule has 114 valence electrons. The highest BCUT2D eigenvalue weighted by Gasteiger charge is 2.28. The smallest absolute Gasteiger partial charge is 0.462 e. The molecule has 0 aromatic carbocycles. The highest BCUT2D eigenvalue weighted by Crippen LogP contribution is 2.36. The van der Waals surface area contributed by atoms with Crippen LogP contribution >= 0.6 is 0 Å². The van der Waals surface area contributed by atoms with E-state index in [1.54, 1.807) is 11.5 Å². The van der Waals surface area contributed by atoms with Crippen molar-refractivity contribution in [1.29, 1.82) is 0 Å². The highest BCUT2D eigenvalue weighted by molar-refractivity contribution is 6.58. The summed E-state index contributed by atoms with van der Waals surface area (Å²) in [6, 6.07) is 1.56. The number of carbonyl (C=O) groups is 1. The van der Waals surface area contributed by atoms with Gasteiger partial charge in [-0.2, -0.15) is 0 Å². The van der Waals surface area contributed by atoms with Crippen molar-refractivity contribution in [3.63, 3.8) is 0 Å². The first-order valence-corrected chi connectivity index (χ1v) is 7.11. The maximum Gasteiger partial charge on any atom is 0.490 e. The highest BCUT2D eigenvalue weighted by atomic mass is 16.5. The lowest BCUT2D eigenvalue weighted by Gasteiger charge is -2.12. The Labute approximate surface area is 126 Å². The molecule has 0 amide bonds. The summed E-state index contributed by atoms with van der Waals surface area (Å²) >= 11 is 0. The van der Waals surface area contributed by atoms with E-state index in [0.29, 0.717) is 5.65 Å². The Morgan fingerprint density at radius 3 is 2.82 bits per heavy atom. The van der Waals surface area contributed by atoms with Crippen LogP contribution in [0.5, 0.6) is 0 Å². The zero-order chi connectivity index (χ0) is 15.9. The number of fused-ring (bicyclic) bond motifs is 1. The number of hydrogen-bond acceptors (Lipinski definition) is 6. The standard InChI is InChI=1S/C14H15BN2O5/c1-2-22-14(19)11-7-17(9-3-4-9)13-10(12(11)18)5-8(6-16-13)15(20)21/h5-7,9,20-21H,2-4H2,1H3. The third-order valence-electron chi connectivity index (χ3n) is 3.62. The minimum absolute atomic E-state index is 0.0624. The van der Waals surface area contributed by atoms with Crippen LogP contribution in [0.1, 0.15) is 36.2 Å². The number of nitrogens with zero attached hydrogens (tertiary/aromatic N) is 2. The SMILES string of the molecule is CCOC(=O)c1cn(C2CC2)c2ncc(B(O)O)cc2c1=O. The van der Waals surface area contributed by atoms with Gasteiger partial charge in [0.15, 0.2) is 0 Å². The largest absolute Gasteiger partial charge is 0.490 e. The van der Waals surface area contributed by atoms with Crippen LogP contribution in [0.25, 0.3) is 11.0 Å². The minimum Gasteiger partial charge on any atom is -0.462 e. The van der Waals surface area contributed by atoms with Crippen molar-refractivity contribution in [1.82, 2.24) is 9.55 Å². The fourth-order valence-electron chi connectivity index (χ4n) is 2.38. The topological polar surface area (TPSA) is 102 Å². The van der Waals surface area contributed by atoms with E-state index in [0.717, 1.165) is 12.8 Å². The summed E-state index contributed by atoms with van der Waals surface area (Å²) in [5.41, 5.74) is -0.0362. The van der Waals surface area contributed by atoms with Crippen LogP contribution in [0.2, 0.25) is 0 Å². The summed E-state index contributed by atoms with van der Waals surface area (Å²) in [5, 5.41) is 18.7. The van der Waals surface area contributed by atoms with Crippen molar-refractivity contribution in [2.24, 2.45) is 0 Å². The Balaban J connectivity index is 2.26. The van der Waals surface area contributed by atoms with Gasteiger partial charge in [-0.3, -0.25) is 4.79 Å². The molecule has 8 heteroatoms. The lowest BCUT2D eigenvalue weighted by atomic mass is 9.81. The van der Waals surface area contributed by atoms with Crippen molar-refractivity contribution >= 4 is 29.6 Å². The summed E-state index contributed by atoms with van der Waals surface area (Å²) in [4.78, 5) is 28.6. The summed E-state index contributed by atoms with van der Waals surface area (Å²) in [5.74, 6) is -0.682. The zero-order valence-corrected chi connectivity index (χ0v) is 12.0. The Morgan fingerprint density at radius 1 is 1.50 bits per heavy atom. The molecule has 2 heterocycles. The van der Waals surface area contributed by atoms with Crippen LogP contribution in [0.15, 0.2) is 23.3 Å². The number of esters is 1. The van der Waals surface area contributed by atoms with Gasteiger partial charge in [0, 0.05) is 23.9 Å². The Hall–Kier alpha value is -2.19. The van der Waals surface area contributed by atoms with E-state index in [1.807, 2.05) is 0 Å². The van der Waals surface area contributed by atoms with Gasteiger partial charge in [0.05, 0.1) is 12.0 Å². The minimum atomic E-state index is -1.73. The molecule has 3 rings (SSSR count). The predicted octanol–water partition coefficient (Wildman–Crippen LogP) is -0.412. The maximum absolute atomic E-state index is 12.5. The molecule has 7 nitrogen and oxygen atoms in total. The van der Waals surface area contributed by atoms with E-state index in [2.05, 4.69) is 4.98 Å². The molecule has 2 aromatic rings. The third kappa shape index (κ3) is 2.51. The van der Waals surface area contributed by atoms with Gasteiger partial charge in [0.25, 0.3) is 0 Å². The summed E-state index contributed by atoms with van der Waals surface area (Å²) in [6.07, 6.45) is 4.70. The van der Waals surface area contributed by atoms with E-state index >= 15 is 0 Å². The molecular weight excluding hydrogens is 287 g/mol. The predicted molar refractivity (Wildman–Crippen MR) is 80.1 cm³/mol. The van der Waals surface area contributed by atoms with Crippen molar-refractivity contribution in [2.45, 2.75) is 25.8 Å². The molecule has 1 fully saturated rings. The maximum atomic E-state index is 12.5. The summed E-state index contributed by atoms with van der Waals surface area (Å²) in [6.45, 7) is 1.84. The Kier molecular flexibility index (Phi) is 3.72. The first-order valence-electron chi connectivity index (χ1n) is 7.11. The quantitative estimate of drug-likeness (QED) is 0.588. The number of hydrogen-bond donors (Lipinski definition) is 2. The molecule has 1 aliphatic carbocycles. The molecule has 1 aliphatic rings. The molecule has 0 unspecified atom stereocenters. The Bertz CT molecular complexity index is 798. The second kappa shape index (κ2) is 5.55. The van der Waals surface area contributed by atoms with Crippen LogP contribution in [0.3, 0.4) is 0 Å². The first-order chi connectivity index (χ1) is 10.5. The third-order valence-corrected chi connectivity index (χ3v) is 3.62. The average molecular weight is 302 g/mol. The van der Waals surface area contributed by atoms with Crippen LogP contribution in [-0.4, -0.2) is 39.3 Å². The number of rotatable bonds is 4. The molecule has 2 N–H and O–H groups in total. The molecule has 0 atom stereocenters. The molecule has 0 saturated heterocycles. The van der Waals surface area contributed by atoms with E-state index in [4.69, 9.17) is 4.74 Å². The summed E-state index contributed by atoms with van der Waals surface area (Å²) in [7, 11) is -1.73.